The molecule has 3 aromatic rings. The van der Waals surface area contributed by atoms with Gasteiger partial charge in [0.05, 0.1) is 30.5 Å². The van der Waals surface area contributed by atoms with Crippen molar-refractivity contribution in [2.24, 2.45) is 0 Å². The Hall–Kier alpha value is -4.02. The molecule has 0 aliphatic carbocycles. The van der Waals surface area contributed by atoms with E-state index in [1.807, 2.05) is 6.07 Å². The molecule has 0 unspecified atom stereocenters. The maximum absolute atomic E-state index is 12.6. The minimum absolute atomic E-state index is 0.0376. The zero-order valence-electron chi connectivity index (χ0n) is 14.9. The largest absolute Gasteiger partial charge is 0.449 e. The van der Waals surface area contributed by atoms with Crippen molar-refractivity contribution in [3.63, 3.8) is 0 Å². The van der Waals surface area contributed by atoms with Crippen molar-refractivity contribution in [3.05, 3.63) is 64.5 Å². The van der Waals surface area contributed by atoms with Gasteiger partial charge in [-0.05, 0) is 12.5 Å². The lowest BCUT2D eigenvalue weighted by atomic mass is 10.2. The number of nitrogens with zero attached hydrogens (tertiary/aromatic N) is 6. The van der Waals surface area contributed by atoms with Gasteiger partial charge in [0.2, 0.25) is 5.82 Å². The molecule has 0 aliphatic rings. The Morgan fingerprint density at radius 1 is 1.29 bits per heavy atom. The summed E-state index contributed by atoms with van der Waals surface area (Å²) in [6, 6.07) is 10.3. The van der Waals surface area contributed by atoms with Crippen LogP contribution in [0.3, 0.4) is 0 Å². The lowest BCUT2D eigenvalue weighted by molar-refractivity contribution is -0.383. The number of nitro groups is 1. The monoisotopic (exact) mass is 383 g/mol. The van der Waals surface area contributed by atoms with Crippen LogP contribution in [0.4, 0.5) is 22.0 Å². The van der Waals surface area contributed by atoms with E-state index in [-0.39, 0.29) is 30.5 Å². The van der Waals surface area contributed by atoms with Gasteiger partial charge < -0.3 is 10.5 Å². The number of rotatable bonds is 6. The molecule has 2 heterocycles. The normalized spacial score (nSPS) is 10.5. The molecular weight excluding hydrogens is 366 g/mol. The van der Waals surface area contributed by atoms with Crippen molar-refractivity contribution in [2.45, 2.75) is 13.5 Å². The highest BCUT2D eigenvalue weighted by Gasteiger charge is 2.30. The Labute approximate surface area is 159 Å². The van der Waals surface area contributed by atoms with Crippen LogP contribution < -0.4 is 10.6 Å². The maximum atomic E-state index is 12.6. The minimum atomic E-state index is -0.751. The predicted octanol–water partition coefficient (Wildman–Crippen LogP) is 2.32. The van der Waals surface area contributed by atoms with Gasteiger partial charge in [0.15, 0.2) is 5.82 Å². The summed E-state index contributed by atoms with van der Waals surface area (Å²) in [6.45, 7) is 1.79. The molecule has 144 valence electrons. The van der Waals surface area contributed by atoms with E-state index in [4.69, 9.17) is 10.5 Å². The van der Waals surface area contributed by atoms with E-state index < -0.39 is 16.7 Å². The van der Waals surface area contributed by atoms with Crippen molar-refractivity contribution in [1.29, 1.82) is 0 Å². The molecule has 0 fully saturated rings. The van der Waals surface area contributed by atoms with Crippen molar-refractivity contribution in [1.82, 2.24) is 20.0 Å². The zero-order valence-corrected chi connectivity index (χ0v) is 14.9. The first kappa shape index (κ1) is 18.8. The van der Waals surface area contributed by atoms with Crippen LogP contribution in [0.5, 0.6) is 0 Å². The summed E-state index contributed by atoms with van der Waals surface area (Å²) in [5.74, 6) is -0.234. The smallest absolute Gasteiger partial charge is 0.414 e. The number of ether oxygens (including phenoxy) is 1. The number of nitrogens with two attached hydrogens (primary N) is 1. The van der Waals surface area contributed by atoms with Gasteiger partial charge in [-0.3, -0.25) is 15.0 Å². The van der Waals surface area contributed by atoms with E-state index in [9.17, 15) is 14.9 Å². The number of hydrogen-bond donors (Lipinski definition) is 1. The fourth-order valence-electron chi connectivity index (χ4n) is 2.58. The van der Waals surface area contributed by atoms with Gasteiger partial charge in [0.25, 0.3) is 0 Å². The average Bonchev–Trinajstić information content (AvgIpc) is 3.21. The third kappa shape index (κ3) is 3.87. The molecule has 1 aromatic carbocycles. The van der Waals surface area contributed by atoms with Crippen LogP contribution in [0.2, 0.25) is 0 Å². The summed E-state index contributed by atoms with van der Waals surface area (Å²) in [5.41, 5.74) is 6.02. The number of nitrogen functional groups attached to an aromatic ring is 1. The third-order valence-electron chi connectivity index (χ3n) is 3.75. The maximum Gasteiger partial charge on any atom is 0.414 e. The van der Waals surface area contributed by atoms with Gasteiger partial charge in [-0.2, -0.15) is 10.2 Å². The minimum Gasteiger partial charge on any atom is -0.449 e. The second-order valence-corrected chi connectivity index (χ2v) is 5.58. The van der Waals surface area contributed by atoms with Crippen LogP contribution in [0.25, 0.3) is 5.82 Å². The van der Waals surface area contributed by atoms with E-state index in [0.717, 1.165) is 15.3 Å². The summed E-state index contributed by atoms with van der Waals surface area (Å²) in [7, 11) is 0. The first-order valence-electron chi connectivity index (χ1n) is 8.31. The van der Waals surface area contributed by atoms with Gasteiger partial charge in [0, 0.05) is 6.07 Å². The molecule has 0 radical (unpaired) electrons. The molecule has 0 spiro atoms. The van der Waals surface area contributed by atoms with Crippen molar-refractivity contribution in [2.75, 3.05) is 17.2 Å². The molecule has 3 rings (SSSR count). The Morgan fingerprint density at radius 2 is 1.96 bits per heavy atom. The van der Waals surface area contributed by atoms with Crippen LogP contribution in [-0.2, 0) is 11.3 Å². The van der Waals surface area contributed by atoms with Gasteiger partial charge in [-0.15, -0.1) is 4.80 Å². The van der Waals surface area contributed by atoms with Crippen LogP contribution in [0.1, 0.15) is 12.5 Å². The lowest BCUT2D eigenvalue weighted by Gasteiger charge is -2.22. The average molecular weight is 383 g/mol. The third-order valence-corrected chi connectivity index (χ3v) is 3.75. The lowest BCUT2D eigenvalue weighted by Crippen LogP contribution is -2.32. The van der Waals surface area contributed by atoms with Gasteiger partial charge >= 0.3 is 11.8 Å². The second kappa shape index (κ2) is 8.12. The van der Waals surface area contributed by atoms with Crippen LogP contribution >= 0.6 is 0 Å². The molecule has 0 saturated carbocycles. The predicted molar refractivity (Wildman–Crippen MR) is 99.9 cm³/mol. The van der Waals surface area contributed by atoms with Crippen molar-refractivity contribution >= 4 is 23.3 Å². The summed E-state index contributed by atoms with van der Waals surface area (Å²) >= 11 is 0. The number of hydrogen-bond acceptors (Lipinski definition) is 8. The Bertz CT molecular complexity index is 977. The van der Waals surface area contributed by atoms with E-state index >= 15 is 0 Å². The number of carbonyl (C=O) groups is 1. The first-order valence-corrected chi connectivity index (χ1v) is 8.31. The molecule has 1 amide bonds. The van der Waals surface area contributed by atoms with Gasteiger partial charge in [-0.1, -0.05) is 30.3 Å². The Balaban J connectivity index is 2.16. The number of anilines is 2. The number of amides is 1. The van der Waals surface area contributed by atoms with Crippen LogP contribution in [-0.4, -0.2) is 37.6 Å². The molecule has 2 N–H and O–H groups in total. The van der Waals surface area contributed by atoms with Gasteiger partial charge in [-0.25, -0.2) is 9.78 Å². The molecule has 0 atom stereocenters. The van der Waals surface area contributed by atoms with E-state index in [2.05, 4.69) is 15.2 Å². The highest BCUT2D eigenvalue weighted by atomic mass is 16.6. The standard InChI is InChI=1S/C17H17N7O4/c1-2-28-17(25)22(11-12-6-4-3-5-7-12)13-10-14(23-19-8-9-20-23)21-16(18)15(13)24(26)27/h3-10H,2,11H2,1H3,(H2,18,21). The highest BCUT2D eigenvalue weighted by molar-refractivity contribution is 5.93. The topological polar surface area (TPSA) is 142 Å². The van der Waals surface area contributed by atoms with Crippen molar-refractivity contribution in [3.8, 4) is 5.82 Å². The Kier molecular flexibility index (Phi) is 5.44. The SMILES string of the molecule is CCOC(=O)N(Cc1ccccc1)c1cc(-n2nccn2)nc(N)c1[N+](=O)[O-]. The van der Waals surface area contributed by atoms with Crippen LogP contribution in [0, 0.1) is 10.1 Å². The zero-order chi connectivity index (χ0) is 20.1. The summed E-state index contributed by atoms with van der Waals surface area (Å²) in [5, 5.41) is 19.5. The summed E-state index contributed by atoms with van der Waals surface area (Å²) in [4.78, 5) is 29.9. The fourth-order valence-corrected chi connectivity index (χ4v) is 2.58. The van der Waals surface area contributed by atoms with E-state index in [1.165, 1.54) is 18.5 Å². The molecule has 11 heteroatoms. The second-order valence-electron chi connectivity index (χ2n) is 5.58. The van der Waals surface area contributed by atoms with E-state index in [0.29, 0.717) is 0 Å². The quantitative estimate of drug-likeness (QED) is 0.505. The first-order chi connectivity index (χ1) is 13.5. The molecular formula is C17H17N7O4. The molecule has 0 aliphatic heterocycles. The van der Waals surface area contributed by atoms with Crippen molar-refractivity contribution < 1.29 is 14.5 Å². The summed E-state index contributed by atoms with van der Waals surface area (Å²) < 4.78 is 5.10. The Morgan fingerprint density at radius 3 is 2.57 bits per heavy atom. The summed E-state index contributed by atoms with van der Waals surface area (Å²) in [6.07, 6.45) is 2.09. The van der Waals surface area contributed by atoms with Crippen LogP contribution in [0.15, 0.2) is 48.8 Å². The highest BCUT2D eigenvalue weighted by Crippen LogP contribution is 2.35. The number of pyridine rings is 1. The molecule has 11 nitrogen and oxygen atoms in total. The molecule has 0 bridgehead atoms. The molecule has 28 heavy (non-hydrogen) atoms. The molecule has 0 saturated heterocycles. The number of carbonyl (C=O) groups excluding carboxylic acids is 1. The van der Waals surface area contributed by atoms with Gasteiger partial charge in [0.1, 0.15) is 5.69 Å². The fraction of sp³-hybridized carbons (Fsp3) is 0.176. The van der Waals surface area contributed by atoms with E-state index in [1.54, 1.807) is 31.2 Å². The number of aromatic nitrogens is 4. The molecule has 2 aromatic heterocycles. The number of benzene rings is 1.